The molecule has 1 saturated carbocycles. The lowest BCUT2D eigenvalue weighted by atomic mass is 9.27. The highest BCUT2D eigenvalue weighted by Gasteiger charge is 2.53. The molecule has 4 heterocycles. The minimum Gasteiger partial charge on any atom is -0.458 e. The van der Waals surface area contributed by atoms with Crippen LogP contribution in [0.25, 0.3) is 22.3 Å². The van der Waals surface area contributed by atoms with Crippen LogP contribution in [0.15, 0.2) is 287 Å². The smallest absolute Gasteiger partial charge is 0.255 e. The van der Waals surface area contributed by atoms with Gasteiger partial charge in [0.05, 0.1) is 11.4 Å². The fourth-order valence-corrected chi connectivity index (χ4v) is 22.0. The van der Waals surface area contributed by atoms with E-state index in [1.54, 1.807) is 5.57 Å². The number of hydrogen-bond acceptors (Lipinski definition) is 6. The van der Waals surface area contributed by atoms with E-state index in [0.717, 1.165) is 72.3 Å². The second-order valence-electron chi connectivity index (χ2n) is 34.3. The van der Waals surface area contributed by atoms with Gasteiger partial charge in [0.1, 0.15) is 11.5 Å². The maximum Gasteiger partial charge on any atom is 0.255 e. The number of nitrogens with zero attached hydrogens (tertiary/aromatic N) is 4. The predicted molar refractivity (Wildman–Crippen MR) is 452 cm³/mol. The highest BCUT2D eigenvalue weighted by molar-refractivity contribution is 8.00. The van der Waals surface area contributed by atoms with Gasteiger partial charge >= 0.3 is 0 Å². The molecular weight excluding hydrogens is 1300 g/mol. The Kier molecular flexibility index (Phi) is 17.6. The Labute approximate surface area is 636 Å². The molecule has 8 aromatic rings. The Balaban J connectivity index is 0.857. The van der Waals surface area contributed by atoms with E-state index < -0.39 is 0 Å². The molecule has 4 aliphatic heterocycles. The van der Waals surface area contributed by atoms with Crippen molar-refractivity contribution in [2.45, 2.75) is 190 Å². The summed E-state index contributed by atoms with van der Waals surface area (Å²) in [5, 5.41) is 0.0782. The monoisotopic (exact) mass is 1400 g/mol. The van der Waals surface area contributed by atoms with E-state index in [9.17, 15) is 0 Å². The maximum atomic E-state index is 7.56. The fraction of sp³-hybridized carbons (Fsp3) is 0.327. The van der Waals surface area contributed by atoms with Crippen LogP contribution in [-0.2, 0) is 10.8 Å². The van der Waals surface area contributed by atoms with Gasteiger partial charge in [-0.3, -0.25) is 0 Å². The van der Waals surface area contributed by atoms with Crippen molar-refractivity contribution >= 4 is 81.4 Å². The van der Waals surface area contributed by atoms with E-state index in [-0.39, 0.29) is 35.3 Å². The summed E-state index contributed by atoms with van der Waals surface area (Å²) in [6, 6.07) is 68.2. The van der Waals surface area contributed by atoms with Gasteiger partial charge in [-0.2, -0.15) is 0 Å². The summed E-state index contributed by atoms with van der Waals surface area (Å²) in [5.74, 6) is 3.98. The maximum absolute atomic E-state index is 7.56. The Morgan fingerprint density at radius 1 is 0.538 bits per heavy atom. The van der Waals surface area contributed by atoms with Crippen molar-refractivity contribution in [1.29, 1.82) is 0 Å². The lowest BCUT2D eigenvalue weighted by molar-refractivity contribution is 0.353. The van der Waals surface area contributed by atoms with Gasteiger partial charge < -0.3 is 24.3 Å². The van der Waals surface area contributed by atoms with Crippen molar-refractivity contribution < 1.29 is 4.74 Å². The number of benzene rings is 8. The molecule has 5 nitrogen and oxygen atoms in total. The largest absolute Gasteiger partial charge is 0.458 e. The highest BCUT2D eigenvalue weighted by Crippen LogP contribution is 2.58. The van der Waals surface area contributed by atoms with Crippen LogP contribution in [0.5, 0.6) is 11.5 Å². The summed E-state index contributed by atoms with van der Waals surface area (Å²) >= 11 is 2.17. The minimum atomic E-state index is -0.126. The van der Waals surface area contributed by atoms with E-state index in [4.69, 9.17) is 4.74 Å². The third-order valence-electron chi connectivity index (χ3n) is 25.9. The normalized spacial score (nSPS) is 22.9. The first kappa shape index (κ1) is 67.5. The van der Waals surface area contributed by atoms with Gasteiger partial charge in [0.25, 0.3) is 6.71 Å². The van der Waals surface area contributed by atoms with Gasteiger partial charge in [-0.15, -0.1) is 11.8 Å². The summed E-state index contributed by atoms with van der Waals surface area (Å²) < 4.78 is 7.56. The zero-order valence-electron chi connectivity index (χ0n) is 63.0. The summed E-state index contributed by atoms with van der Waals surface area (Å²) in [6.07, 6.45) is 52.0. The van der Waals surface area contributed by atoms with E-state index in [0.29, 0.717) is 23.9 Å². The molecule has 0 N–H and O–H groups in total. The van der Waals surface area contributed by atoms with E-state index >= 15 is 0 Å². The Hall–Kier alpha value is -9.10. The van der Waals surface area contributed by atoms with Gasteiger partial charge in [-0.25, -0.2) is 0 Å². The first-order valence-corrected chi connectivity index (χ1v) is 41.4. The molecule has 1 fully saturated rings. The number of hydrogen-bond donors (Lipinski definition) is 0. The second-order valence-corrected chi connectivity index (χ2v) is 35.5. The van der Waals surface area contributed by atoms with Gasteiger partial charge in [0, 0.05) is 85.0 Å². The molecule has 8 aromatic carbocycles. The molecule has 0 spiro atoms. The average molecular weight is 1400 g/mol. The molecule has 0 aromatic heterocycles. The van der Waals surface area contributed by atoms with Crippen molar-refractivity contribution in [2.24, 2.45) is 17.8 Å². The van der Waals surface area contributed by atoms with Crippen molar-refractivity contribution in [2.75, 3.05) is 19.6 Å². The topological polar surface area (TPSA) is 22.2 Å². The summed E-state index contributed by atoms with van der Waals surface area (Å²) in [4.78, 5) is 12.5. The SMILES string of the molecule is CC(C)(C)c1ccc(-c2cccc(-c3ccc(C(C)(C)C)cc3)c2N2C3=CC4Sc5cc(N(C6C=CC(C7C=CCCC7)CC6)C6CC=C(C7CCCCC7)CC6)cc6c5B(C5=C(CCC=C5)N6C5=CC=CCC5)C4C=C3B3c4ccccc4Oc4cc(N(c5ccccc5)c5ccccc5)cc2c43)cc1. The van der Waals surface area contributed by atoms with Crippen molar-refractivity contribution in [3.8, 4) is 33.8 Å². The molecule has 11 aliphatic rings. The number of anilines is 7. The third kappa shape index (κ3) is 12.1. The van der Waals surface area contributed by atoms with Crippen molar-refractivity contribution in [3.05, 3.63) is 294 Å². The van der Waals surface area contributed by atoms with E-state index in [2.05, 4.69) is 322 Å². The number of rotatable bonds is 12. The highest BCUT2D eigenvalue weighted by atomic mass is 32.2. The molecule has 0 amide bonds. The summed E-state index contributed by atoms with van der Waals surface area (Å²) in [5.41, 5.74) is 28.5. The first-order valence-electron chi connectivity index (χ1n) is 40.5. The third-order valence-corrected chi connectivity index (χ3v) is 27.2. The van der Waals surface area contributed by atoms with Crippen LogP contribution in [0, 0.1) is 17.8 Å². The molecule has 0 saturated heterocycles. The van der Waals surface area contributed by atoms with Crippen LogP contribution in [-0.4, -0.2) is 30.8 Å². The summed E-state index contributed by atoms with van der Waals surface area (Å²) in [6.45, 7) is 14.0. The minimum absolute atomic E-state index is 0.0161. The first-order chi connectivity index (χ1) is 51.8. The molecule has 6 unspecified atom stereocenters. The van der Waals surface area contributed by atoms with Gasteiger partial charge in [-0.05, 0) is 229 Å². The quantitative estimate of drug-likeness (QED) is 0.0892. The Morgan fingerprint density at radius 3 is 1.89 bits per heavy atom. The van der Waals surface area contributed by atoms with Crippen LogP contribution in [0.3, 0.4) is 0 Å². The number of ether oxygens (including phenoxy) is 1. The van der Waals surface area contributed by atoms with Gasteiger partial charge in [0.2, 0.25) is 6.71 Å². The number of fused-ring (bicyclic) bond motifs is 7. The molecule has 8 heteroatoms. The van der Waals surface area contributed by atoms with Crippen LogP contribution < -0.4 is 40.7 Å². The average Bonchev–Trinajstić information content (AvgIpc) is 0.694. The predicted octanol–water partition coefficient (Wildman–Crippen LogP) is 24.3. The van der Waals surface area contributed by atoms with Crippen LogP contribution in [0.2, 0.25) is 5.82 Å². The fourth-order valence-electron chi connectivity index (χ4n) is 20.5. The molecule has 19 rings (SSSR count). The molecule has 0 radical (unpaired) electrons. The lowest BCUT2D eigenvalue weighted by Gasteiger charge is -2.50. The zero-order valence-corrected chi connectivity index (χ0v) is 63.8. The van der Waals surface area contributed by atoms with E-state index in [1.807, 2.05) is 0 Å². The second kappa shape index (κ2) is 27.6. The van der Waals surface area contributed by atoms with Crippen LogP contribution in [0.4, 0.5) is 39.8 Å². The Morgan fingerprint density at radius 2 is 1.23 bits per heavy atom. The standard InChI is InChI=1S/C98H100B2N4OS/c1-97(2,3)71-51-43-69(44-52-71)80-37-26-38-81(70-45-53-72(54-46-70)98(4,5)6)96(80)104-87-64-92-85(63-84(87)100-83-40-23-25-42-90(83)105-91-61-78(59-88(104)94(91)100)101(73-31-16-9-17-32-73)74-33-18-10-19-34-74)99-82-39-22-24-41-86(82)103(75-35-20-11-21-36-75)89-60-79(62-93(106-92)95(89)99)102(76-55-47-67(48-56-76)65-27-12-7-13-28-65)77-57-49-68(50-58-77)66-29-14-8-15-30-66/h9-12,16-20,22-23,25-27,31-35,37-40,42-47,49,51-55,59-67,76-77,85,92H,7-8,13-15,21,24,28-30,36,41,48,50,56-58H2,1-6H3. The zero-order chi connectivity index (χ0) is 71.4. The van der Waals surface area contributed by atoms with Gasteiger partial charge in [-0.1, -0.05) is 254 Å². The Bertz CT molecular complexity index is 4920. The van der Waals surface area contributed by atoms with Gasteiger partial charge in [0.15, 0.2) is 0 Å². The number of para-hydroxylation sites is 4. The number of allylic oxidation sites excluding steroid dienone is 14. The van der Waals surface area contributed by atoms with Crippen molar-refractivity contribution in [1.82, 2.24) is 0 Å². The lowest BCUT2D eigenvalue weighted by Crippen LogP contribution is -2.57. The molecular formula is C98H100B2N4OS. The van der Waals surface area contributed by atoms with Crippen LogP contribution >= 0.6 is 11.8 Å². The summed E-state index contributed by atoms with van der Waals surface area (Å²) in [7, 11) is 0. The van der Waals surface area contributed by atoms with Crippen LogP contribution in [0.1, 0.15) is 162 Å². The van der Waals surface area contributed by atoms with E-state index in [1.165, 1.54) is 177 Å². The number of thioether (sulfide) groups is 1. The molecule has 7 aliphatic carbocycles. The molecule has 6 atom stereocenters. The van der Waals surface area contributed by atoms with Crippen molar-refractivity contribution in [3.63, 3.8) is 0 Å². The molecule has 106 heavy (non-hydrogen) atoms. The molecule has 0 bridgehead atoms. The molecule has 530 valence electrons.